The van der Waals surface area contributed by atoms with Gasteiger partial charge < -0.3 is 25.3 Å². The van der Waals surface area contributed by atoms with E-state index in [1.807, 2.05) is 25.1 Å². The van der Waals surface area contributed by atoms with Gasteiger partial charge in [-0.05, 0) is 42.8 Å². The number of carbonyl (C=O) groups excluding carboxylic acids is 1. The molecule has 0 saturated carbocycles. The van der Waals surface area contributed by atoms with E-state index in [9.17, 15) is 9.59 Å². The lowest BCUT2D eigenvalue weighted by molar-refractivity contribution is 0.252. The molecule has 4 aromatic rings. The third kappa shape index (κ3) is 4.80. The first kappa shape index (κ1) is 22.7. The number of ether oxygens (including phenoxy) is 1. The van der Waals surface area contributed by atoms with Crippen LogP contribution in [0.1, 0.15) is 12.5 Å². The summed E-state index contributed by atoms with van der Waals surface area (Å²) in [5.74, 6) is 0.912. The zero-order chi connectivity index (χ0) is 24.1. The Bertz CT molecular complexity index is 1390. The molecular formula is C24H25N7O3. The van der Waals surface area contributed by atoms with Crippen molar-refractivity contribution in [1.82, 2.24) is 24.8 Å². The lowest BCUT2D eigenvalue weighted by atomic mass is 10.1. The van der Waals surface area contributed by atoms with Gasteiger partial charge in [0.05, 0.1) is 30.3 Å². The van der Waals surface area contributed by atoms with Gasteiger partial charge in [0.2, 0.25) is 0 Å². The molecule has 10 heteroatoms. The molecule has 10 nitrogen and oxygen atoms in total. The number of urea groups is 1. The number of pyridine rings is 2. The van der Waals surface area contributed by atoms with Gasteiger partial charge in [0.1, 0.15) is 17.0 Å². The summed E-state index contributed by atoms with van der Waals surface area (Å²) < 4.78 is 6.91. The van der Waals surface area contributed by atoms with Crippen molar-refractivity contribution in [3.63, 3.8) is 0 Å². The highest BCUT2D eigenvalue weighted by atomic mass is 16.5. The molecular weight excluding hydrogens is 434 g/mol. The molecule has 0 radical (unpaired) electrons. The Morgan fingerprint density at radius 2 is 1.94 bits per heavy atom. The summed E-state index contributed by atoms with van der Waals surface area (Å²) in [6, 6.07) is 10.6. The number of hydrogen-bond acceptors (Lipinski definition) is 7. The number of rotatable bonds is 7. The maximum absolute atomic E-state index is 12.9. The maximum Gasteiger partial charge on any atom is 0.319 e. The molecule has 3 heterocycles. The number of amides is 2. The average Bonchev–Trinajstić information content (AvgIpc) is 2.85. The Morgan fingerprint density at radius 3 is 2.68 bits per heavy atom. The normalized spacial score (nSPS) is 10.7. The Morgan fingerprint density at radius 1 is 1.15 bits per heavy atom. The number of fused-ring (bicyclic) bond motifs is 1. The van der Waals surface area contributed by atoms with Crippen molar-refractivity contribution in [2.75, 3.05) is 24.3 Å². The SMILES string of the molecule is CCNC(=O)Nc1ccc(-c2cc3ncn(C)c(=O)c3c(NCc3ccncc3)n2)cc1OC. The van der Waals surface area contributed by atoms with E-state index >= 15 is 0 Å². The van der Waals surface area contributed by atoms with Gasteiger partial charge in [0.15, 0.2) is 0 Å². The second-order valence-corrected chi connectivity index (χ2v) is 7.52. The smallest absolute Gasteiger partial charge is 0.319 e. The minimum absolute atomic E-state index is 0.194. The van der Waals surface area contributed by atoms with Gasteiger partial charge in [-0.15, -0.1) is 0 Å². The van der Waals surface area contributed by atoms with Gasteiger partial charge in [-0.3, -0.25) is 9.78 Å². The Balaban J connectivity index is 1.76. The van der Waals surface area contributed by atoms with E-state index in [2.05, 4.69) is 25.9 Å². The minimum atomic E-state index is -0.319. The molecule has 0 spiro atoms. The molecule has 4 rings (SSSR count). The molecule has 0 aliphatic carbocycles. The van der Waals surface area contributed by atoms with E-state index in [1.54, 1.807) is 37.6 Å². The van der Waals surface area contributed by atoms with Gasteiger partial charge in [0, 0.05) is 38.1 Å². The number of aryl methyl sites for hydroxylation is 1. The standard InChI is InChI=1S/C24H25N7O3/c1-4-26-24(33)30-17-6-5-16(11-20(17)34-3)18-12-19-21(23(32)31(2)14-28-19)22(29-18)27-13-15-7-9-25-10-8-15/h5-12,14H,4,13H2,1-3H3,(H,27,29)(H2,26,30,33). The highest BCUT2D eigenvalue weighted by Gasteiger charge is 2.15. The number of nitrogens with zero attached hydrogens (tertiary/aromatic N) is 4. The van der Waals surface area contributed by atoms with Crippen molar-refractivity contribution in [2.24, 2.45) is 7.05 Å². The quantitative estimate of drug-likeness (QED) is 0.388. The Labute approximate surface area is 196 Å². The van der Waals surface area contributed by atoms with Crippen LogP contribution in [0, 0.1) is 0 Å². The summed E-state index contributed by atoms with van der Waals surface area (Å²) in [6.45, 7) is 2.81. The van der Waals surface area contributed by atoms with Crippen LogP contribution >= 0.6 is 0 Å². The highest BCUT2D eigenvalue weighted by Crippen LogP contribution is 2.32. The molecule has 0 saturated heterocycles. The molecule has 3 aromatic heterocycles. The third-order valence-corrected chi connectivity index (χ3v) is 5.20. The van der Waals surface area contributed by atoms with Crippen LogP contribution in [0.4, 0.5) is 16.3 Å². The molecule has 34 heavy (non-hydrogen) atoms. The van der Waals surface area contributed by atoms with Crippen molar-refractivity contribution < 1.29 is 9.53 Å². The predicted octanol–water partition coefficient (Wildman–Crippen LogP) is 3.15. The van der Waals surface area contributed by atoms with Crippen molar-refractivity contribution >= 4 is 28.4 Å². The number of benzene rings is 1. The number of anilines is 2. The van der Waals surface area contributed by atoms with E-state index in [0.29, 0.717) is 46.9 Å². The van der Waals surface area contributed by atoms with Crippen molar-refractivity contribution in [3.05, 3.63) is 71.0 Å². The van der Waals surface area contributed by atoms with Crippen LogP contribution in [0.15, 0.2) is 59.9 Å². The number of carbonyl (C=O) groups is 1. The first-order valence-corrected chi connectivity index (χ1v) is 10.7. The Kier molecular flexibility index (Phi) is 6.67. The van der Waals surface area contributed by atoms with Crippen LogP contribution in [0.2, 0.25) is 0 Å². The number of nitrogens with one attached hydrogen (secondary N) is 3. The lowest BCUT2D eigenvalue weighted by Crippen LogP contribution is -2.28. The third-order valence-electron chi connectivity index (χ3n) is 5.20. The fourth-order valence-corrected chi connectivity index (χ4v) is 3.46. The summed E-state index contributed by atoms with van der Waals surface area (Å²) in [6.07, 6.45) is 4.91. The van der Waals surface area contributed by atoms with Gasteiger partial charge >= 0.3 is 6.03 Å². The fraction of sp³-hybridized carbons (Fsp3) is 0.208. The second-order valence-electron chi connectivity index (χ2n) is 7.52. The van der Waals surface area contributed by atoms with Crippen LogP contribution in [0.25, 0.3) is 22.2 Å². The minimum Gasteiger partial charge on any atom is -0.495 e. The monoisotopic (exact) mass is 459 g/mol. The van der Waals surface area contributed by atoms with Gasteiger partial charge in [-0.25, -0.2) is 14.8 Å². The molecule has 174 valence electrons. The van der Waals surface area contributed by atoms with Crippen LogP contribution in [-0.4, -0.2) is 39.2 Å². The first-order valence-electron chi connectivity index (χ1n) is 10.7. The zero-order valence-electron chi connectivity index (χ0n) is 19.1. The molecule has 0 atom stereocenters. The lowest BCUT2D eigenvalue weighted by Gasteiger charge is -2.14. The summed E-state index contributed by atoms with van der Waals surface area (Å²) in [7, 11) is 3.18. The first-order chi connectivity index (χ1) is 16.5. The molecule has 3 N–H and O–H groups in total. The molecule has 0 aliphatic heterocycles. The molecule has 0 bridgehead atoms. The largest absolute Gasteiger partial charge is 0.495 e. The highest BCUT2D eigenvalue weighted by molar-refractivity contribution is 5.93. The summed E-state index contributed by atoms with van der Waals surface area (Å²) >= 11 is 0. The van der Waals surface area contributed by atoms with Crippen LogP contribution in [-0.2, 0) is 13.6 Å². The molecule has 1 aromatic carbocycles. The van der Waals surface area contributed by atoms with E-state index in [0.717, 1.165) is 11.1 Å². The number of aromatic nitrogens is 4. The van der Waals surface area contributed by atoms with Gasteiger partial charge in [0.25, 0.3) is 5.56 Å². The number of hydrogen-bond donors (Lipinski definition) is 3. The van der Waals surface area contributed by atoms with Crippen molar-refractivity contribution in [3.8, 4) is 17.0 Å². The van der Waals surface area contributed by atoms with E-state index in [-0.39, 0.29) is 11.6 Å². The van der Waals surface area contributed by atoms with Crippen LogP contribution < -0.4 is 26.2 Å². The van der Waals surface area contributed by atoms with Crippen LogP contribution in [0.5, 0.6) is 5.75 Å². The summed E-state index contributed by atoms with van der Waals surface area (Å²) in [5.41, 5.74) is 3.21. The predicted molar refractivity (Wildman–Crippen MR) is 131 cm³/mol. The van der Waals surface area contributed by atoms with Crippen LogP contribution in [0.3, 0.4) is 0 Å². The molecule has 0 fully saturated rings. The second kappa shape index (κ2) is 9.99. The topological polar surface area (TPSA) is 123 Å². The molecule has 2 amide bonds. The van der Waals surface area contributed by atoms with E-state index < -0.39 is 0 Å². The van der Waals surface area contributed by atoms with E-state index in [4.69, 9.17) is 9.72 Å². The summed E-state index contributed by atoms with van der Waals surface area (Å²) in [5, 5.41) is 9.13. The zero-order valence-corrected chi connectivity index (χ0v) is 19.1. The van der Waals surface area contributed by atoms with Gasteiger partial charge in [-0.2, -0.15) is 0 Å². The van der Waals surface area contributed by atoms with Crippen molar-refractivity contribution in [2.45, 2.75) is 13.5 Å². The molecule has 0 unspecified atom stereocenters. The summed E-state index contributed by atoms with van der Waals surface area (Å²) in [4.78, 5) is 38.0. The van der Waals surface area contributed by atoms with Gasteiger partial charge in [-0.1, -0.05) is 6.07 Å². The van der Waals surface area contributed by atoms with Crippen molar-refractivity contribution in [1.29, 1.82) is 0 Å². The Hall–Kier alpha value is -4.47. The maximum atomic E-state index is 12.9. The average molecular weight is 460 g/mol. The fourth-order valence-electron chi connectivity index (χ4n) is 3.46. The number of methoxy groups -OCH3 is 1. The van der Waals surface area contributed by atoms with E-state index in [1.165, 1.54) is 18.0 Å². The molecule has 0 aliphatic rings.